The molecule has 2 rings (SSSR count). The van der Waals surface area contributed by atoms with Crippen LogP contribution in [-0.4, -0.2) is 14.8 Å². The van der Waals surface area contributed by atoms with Crippen LogP contribution in [0, 0.1) is 0 Å². The van der Waals surface area contributed by atoms with E-state index in [1.54, 1.807) is 18.2 Å². The summed E-state index contributed by atoms with van der Waals surface area (Å²) in [5.41, 5.74) is 1.74. The minimum Gasteiger partial charge on any atom is -0.507 e. The van der Waals surface area contributed by atoms with Crippen molar-refractivity contribution in [3.8, 4) is 5.75 Å². The number of hydrogen-bond acceptors (Lipinski definition) is 2. The second kappa shape index (κ2) is 2.78. The number of rotatable bonds is 1. The van der Waals surface area contributed by atoms with Crippen molar-refractivity contribution in [1.82, 2.24) is 4.57 Å². The van der Waals surface area contributed by atoms with Gasteiger partial charge in [-0.05, 0) is 18.2 Å². The van der Waals surface area contributed by atoms with E-state index in [0.29, 0.717) is 0 Å². The predicted octanol–water partition coefficient (Wildman–Crippen LogP) is 1.38. The lowest BCUT2D eigenvalue weighted by Crippen LogP contribution is -1.94. The van der Waals surface area contributed by atoms with E-state index >= 15 is 0 Å². The third-order valence-corrected chi connectivity index (χ3v) is 2.33. The van der Waals surface area contributed by atoms with Crippen LogP contribution in [0.3, 0.4) is 0 Å². The van der Waals surface area contributed by atoms with Gasteiger partial charge in [-0.2, -0.15) is 0 Å². The zero-order chi connectivity index (χ0) is 9.42. The molecule has 0 aliphatic carbocycles. The highest BCUT2D eigenvalue weighted by Crippen LogP contribution is 2.26. The molecule has 3 nitrogen and oxygen atoms in total. The number of aryl methyl sites for hydroxylation is 1. The van der Waals surface area contributed by atoms with Gasteiger partial charge in [-0.15, -0.1) is 0 Å². The molecule has 0 radical (unpaired) electrons. The molecule has 3 heteroatoms. The van der Waals surface area contributed by atoms with Crippen molar-refractivity contribution < 1.29 is 10.2 Å². The fraction of sp³-hybridized carbons (Fsp3) is 0.200. The molecule has 0 fully saturated rings. The lowest BCUT2D eigenvalue weighted by atomic mass is 10.2. The number of aliphatic hydroxyl groups excluding tert-OH is 1. The average molecular weight is 177 g/mol. The van der Waals surface area contributed by atoms with Crippen LogP contribution in [0.4, 0.5) is 0 Å². The van der Waals surface area contributed by atoms with Gasteiger partial charge in [-0.25, -0.2) is 0 Å². The highest BCUT2D eigenvalue weighted by Gasteiger charge is 2.06. The van der Waals surface area contributed by atoms with Gasteiger partial charge in [0, 0.05) is 18.1 Å². The Morgan fingerprint density at radius 3 is 2.77 bits per heavy atom. The van der Waals surface area contributed by atoms with Crippen LogP contribution in [0.15, 0.2) is 24.3 Å². The highest BCUT2D eigenvalue weighted by atomic mass is 16.3. The summed E-state index contributed by atoms with van der Waals surface area (Å²) in [7, 11) is 1.87. The van der Waals surface area contributed by atoms with E-state index in [2.05, 4.69) is 0 Å². The van der Waals surface area contributed by atoms with Crippen molar-refractivity contribution in [3.05, 3.63) is 30.0 Å². The molecule has 68 valence electrons. The molecule has 0 saturated carbocycles. The Labute approximate surface area is 75.9 Å². The molecule has 0 unspecified atom stereocenters. The fourth-order valence-electron chi connectivity index (χ4n) is 1.55. The maximum Gasteiger partial charge on any atom is 0.124 e. The van der Waals surface area contributed by atoms with Crippen LogP contribution in [0.25, 0.3) is 10.9 Å². The zero-order valence-electron chi connectivity index (χ0n) is 7.36. The summed E-state index contributed by atoms with van der Waals surface area (Å²) in [5.74, 6) is 0.257. The quantitative estimate of drug-likeness (QED) is 0.691. The lowest BCUT2D eigenvalue weighted by molar-refractivity contribution is 0.273. The van der Waals surface area contributed by atoms with E-state index in [0.717, 1.165) is 16.6 Å². The van der Waals surface area contributed by atoms with Crippen molar-refractivity contribution in [2.75, 3.05) is 0 Å². The molecule has 2 N–H and O–H groups in total. The molecular formula is C10H11NO2. The van der Waals surface area contributed by atoms with E-state index in [1.165, 1.54) is 0 Å². The first-order valence-electron chi connectivity index (χ1n) is 4.11. The van der Waals surface area contributed by atoms with Crippen LogP contribution in [0.2, 0.25) is 0 Å². The first kappa shape index (κ1) is 8.13. The van der Waals surface area contributed by atoms with Gasteiger partial charge in [0.25, 0.3) is 0 Å². The summed E-state index contributed by atoms with van der Waals surface area (Å²) < 4.78 is 1.87. The third kappa shape index (κ3) is 1.09. The molecule has 0 saturated heterocycles. The Balaban J connectivity index is 2.83. The zero-order valence-corrected chi connectivity index (χ0v) is 7.36. The summed E-state index contributed by atoms with van der Waals surface area (Å²) in [6.45, 7) is -0.00931. The van der Waals surface area contributed by atoms with Crippen LogP contribution in [0.1, 0.15) is 5.69 Å². The first-order valence-corrected chi connectivity index (χ1v) is 4.11. The minimum absolute atomic E-state index is 0.00931. The number of fused-ring (bicyclic) bond motifs is 1. The molecule has 13 heavy (non-hydrogen) atoms. The van der Waals surface area contributed by atoms with Crippen molar-refractivity contribution in [3.63, 3.8) is 0 Å². The summed E-state index contributed by atoms with van der Waals surface area (Å²) in [5, 5.41) is 19.3. The number of aromatic hydroxyl groups is 1. The van der Waals surface area contributed by atoms with Gasteiger partial charge in [0.1, 0.15) is 5.75 Å². The molecule has 0 aliphatic heterocycles. The molecule has 0 amide bonds. The van der Waals surface area contributed by atoms with Crippen LogP contribution < -0.4 is 0 Å². The van der Waals surface area contributed by atoms with Gasteiger partial charge in [-0.3, -0.25) is 0 Å². The molecule has 0 aliphatic rings. The molecule has 0 atom stereocenters. The molecule has 0 bridgehead atoms. The van der Waals surface area contributed by atoms with E-state index in [-0.39, 0.29) is 12.4 Å². The average Bonchev–Trinajstić information content (AvgIpc) is 2.45. The van der Waals surface area contributed by atoms with Crippen LogP contribution in [0.5, 0.6) is 5.75 Å². The Bertz CT molecular complexity index is 445. The Kier molecular flexibility index (Phi) is 1.74. The lowest BCUT2D eigenvalue weighted by Gasteiger charge is -1.99. The number of aromatic nitrogens is 1. The smallest absolute Gasteiger partial charge is 0.124 e. The van der Waals surface area contributed by atoms with Gasteiger partial charge in [-0.1, -0.05) is 6.07 Å². The number of hydrogen-bond donors (Lipinski definition) is 2. The first-order chi connectivity index (χ1) is 6.24. The van der Waals surface area contributed by atoms with Crippen molar-refractivity contribution >= 4 is 10.9 Å². The van der Waals surface area contributed by atoms with Crippen molar-refractivity contribution in [1.29, 1.82) is 0 Å². The normalized spacial score (nSPS) is 10.9. The summed E-state index contributed by atoms with van der Waals surface area (Å²) >= 11 is 0. The summed E-state index contributed by atoms with van der Waals surface area (Å²) in [4.78, 5) is 0. The molecule has 2 aromatic rings. The third-order valence-electron chi connectivity index (χ3n) is 2.33. The maximum atomic E-state index is 9.51. The second-order valence-corrected chi connectivity index (χ2v) is 3.06. The Morgan fingerprint density at radius 1 is 1.38 bits per heavy atom. The van der Waals surface area contributed by atoms with Gasteiger partial charge < -0.3 is 14.8 Å². The molecular weight excluding hydrogens is 166 g/mol. The van der Waals surface area contributed by atoms with Crippen LogP contribution >= 0.6 is 0 Å². The Hall–Kier alpha value is -1.48. The molecule has 1 heterocycles. The minimum atomic E-state index is -0.00931. The topological polar surface area (TPSA) is 45.4 Å². The van der Waals surface area contributed by atoms with Gasteiger partial charge >= 0.3 is 0 Å². The summed E-state index contributed by atoms with van der Waals surface area (Å²) in [6, 6.07) is 7.14. The van der Waals surface area contributed by atoms with Crippen molar-refractivity contribution in [2.45, 2.75) is 6.61 Å². The Morgan fingerprint density at radius 2 is 2.15 bits per heavy atom. The number of aliphatic hydroxyl groups is 1. The number of benzene rings is 1. The predicted molar refractivity (Wildman–Crippen MR) is 50.5 cm³/mol. The van der Waals surface area contributed by atoms with Gasteiger partial charge in [0.05, 0.1) is 12.1 Å². The fourth-order valence-corrected chi connectivity index (χ4v) is 1.55. The van der Waals surface area contributed by atoms with E-state index < -0.39 is 0 Å². The molecule has 1 aromatic carbocycles. The summed E-state index contributed by atoms with van der Waals surface area (Å²) in [6.07, 6.45) is 0. The standard InChI is InChI=1S/C10H11NO2/c1-11-7(6-12)5-8-9(11)3-2-4-10(8)13/h2-5,12-13H,6H2,1H3. The SMILES string of the molecule is Cn1c(CO)cc2c(O)cccc21. The van der Waals surface area contributed by atoms with E-state index in [9.17, 15) is 5.11 Å². The van der Waals surface area contributed by atoms with Gasteiger partial charge in [0.15, 0.2) is 0 Å². The largest absolute Gasteiger partial charge is 0.507 e. The number of nitrogens with zero attached hydrogens (tertiary/aromatic N) is 1. The highest BCUT2D eigenvalue weighted by molar-refractivity contribution is 5.87. The molecule has 1 aromatic heterocycles. The molecule has 0 spiro atoms. The van der Waals surface area contributed by atoms with Gasteiger partial charge in [0.2, 0.25) is 0 Å². The number of phenolic OH excluding ortho intramolecular Hbond substituents is 1. The van der Waals surface area contributed by atoms with E-state index in [1.807, 2.05) is 17.7 Å². The second-order valence-electron chi connectivity index (χ2n) is 3.06. The van der Waals surface area contributed by atoms with Crippen LogP contribution in [-0.2, 0) is 13.7 Å². The number of phenols is 1. The maximum absolute atomic E-state index is 9.51. The van der Waals surface area contributed by atoms with E-state index in [4.69, 9.17) is 5.11 Å². The monoisotopic (exact) mass is 177 g/mol. The van der Waals surface area contributed by atoms with Crippen molar-refractivity contribution in [2.24, 2.45) is 7.05 Å².